The number of allylic oxidation sites excluding steroid dienone is 5. The van der Waals surface area contributed by atoms with E-state index < -0.39 is 26.6 Å². The minimum absolute atomic E-state index is 0.00711. The molecular formula is C68H133N2O6P. The van der Waals surface area contributed by atoms with E-state index in [4.69, 9.17) is 9.05 Å². The number of nitrogens with zero attached hydrogens (tertiary/aromatic N) is 1. The number of phosphoric acid groups is 1. The standard InChI is InChI=1S/C68H133N2O6P/c1-6-8-10-12-14-16-18-20-22-24-26-28-30-32-34-36-37-39-41-43-45-47-49-51-53-55-57-59-61-67(71)66(65-76-77(73,74)75-64-63-70(3,4)5)69-68(72)62-60-58-56-54-52-50-48-46-44-42-40-38-35-33-31-29-27-25-23-21-19-17-15-13-11-9-7-2/h43,45,51,53,59,61,66-67,71H,6-42,44,46-50,52,54-58,60,62-65H2,1-5H3,(H-,69,72,73,74)/b45-43+,53-51+,61-59+. The largest absolute Gasteiger partial charge is 0.756 e. The van der Waals surface area contributed by atoms with Gasteiger partial charge in [-0.15, -0.1) is 0 Å². The predicted octanol–water partition coefficient (Wildman–Crippen LogP) is 20.6. The van der Waals surface area contributed by atoms with Crippen molar-refractivity contribution in [1.82, 2.24) is 5.32 Å². The molecule has 8 nitrogen and oxygen atoms in total. The summed E-state index contributed by atoms with van der Waals surface area (Å²) in [7, 11) is 1.25. The van der Waals surface area contributed by atoms with Gasteiger partial charge in [-0.3, -0.25) is 9.36 Å². The van der Waals surface area contributed by atoms with Gasteiger partial charge >= 0.3 is 0 Å². The summed E-state index contributed by atoms with van der Waals surface area (Å²) >= 11 is 0. The molecule has 1 amide bonds. The molecule has 0 spiro atoms. The maximum Gasteiger partial charge on any atom is 0.268 e. The van der Waals surface area contributed by atoms with Crippen molar-refractivity contribution in [1.29, 1.82) is 0 Å². The second-order valence-electron chi connectivity index (χ2n) is 24.5. The summed E-state index contributed by atoms with van der Waals surface area (Å²) in [6, 6.07) is -0.909. The normalized spacial score (nSPS) is 13.9. The molecule has 3 unspecified atom stereocenters. The summed E-state index contributed by atoms with van der Waals surface area (Å²) in [5.74, 6) is -0.204. The van der Waals surface area contributed by atoms with Gasteiger partial charge in [-0.05, 0) is 44.9 Å². The molecule has 0 saturated carbocycles. The smallest absolute Gasteiger partial charge is 0.268 e. The van der Waals surface area contributed by atoms with E-state index in [9.17, 15) is 19.4 Å². The molecule has 3 atom stereocenters. The second kappa shape index (κ2) is 59.3. The minimum atomic E-state index is -4.61. The van der Waals surface area contributed by atoms with Crippen LogP contribution in [0.25, 0.3) is 0 Å². The van der Waals surface area contributed by atoms with Gasteiger partial charge in [0, 0.05) is 6.42 Å². The average Bonchev–Trinajstić information content (AvgIpc) is 3.39. The van der Waals surface area contributed by atoms with Gasteiger partial charge in [-0.2, -0.15) is 0 Å². The fourth-order valence-electron chi connectivity index (χ4n) is 10.3. The summed E-state index contributed by atoms with van der Waals surface area (Å²) in [5, 5.41) is 13.9. The third-order valence-corrected chi connectivity index (χ3v) is 16.5. The zero-order valence-electron chi connectivity index (χ0n) is 52.2. The van der Waals surface area contributed by atoms with E-state index in [0.29, 0.717) is 17.4 Å². The molecule has 0 radical (unpaired) electrons. The van der Waals surface area contributed by atoms with Crippen molar-refractivity contribution in [2.24, 2.45) is 0 Å². The number of hydrogen-bond acceptors (Lipinski definition) is 6. The Morgan fingerprint density at radius 3 is 1.05 bits per heavy atom. The first-order valence-electron chi connectivity index (χ1n) is 33.9. The van der Waals surface area contributed by atoms with Crippen molar-refractivity contribution in [3.63, 3.8) is 0 Å². The second-order valence-corrected chi connectivity index (χ2v) is 25.9. The van der Waals surface area contributed by atoms with Crippen molar-refractivity contribution in [2.75, 3.05) is 40.9 Å². The Hall–Kier alpha value is -1.28. The number of nitrogens with one attached hydrogen (secondary N) is 1. The van der Waals surface area contributed by atoms with Crippen LogP contribution in [0.3, 0.4) is 0 Å². The molecule has 9 heteroatoms. The Labute approximate surface area is 480 Å². The van der Waals surface area contributed by atoms with Crippen LogP contribution >= 0.6 is 7.82 Å². The van der Waals surface area contributed by atoms with Gasteiger partial charge in [0.25, 0.3) is 7.82 Å². The molecule has 0 aliphatic carbocycles. The monoisotopic (exact) mass is 1100 g/mol. The Morgan fingerprint density at radius 2 is 0.727 bits per heavy atom. The van der Waals surface area contributed by atoms with Crippen LogP contribution in [0.4, 0.5) is 0 Å². The highest BCUT2D eigenvalue weighted by molar-refractivity contribution is 7.45. The molecular weight excluding hydrogens is 972 g/mol. The van der Waals surface area contributed by atoms with E-state index in [-0.39, 0.29) is 12.5 Å². The molecule has 77 heavy (non-hydrogen) atoms. The number of aliphatic hydroxyl groups is 1. The fourth-order valence-corrected chi connectivity index (χ4v) is 11.0. The van der Waals surface area contributed by atoms with Crippen molar-refractivity contribution < 1.29 is 32.9 Å². The molecule has 0 bridgehead atoms. The van der Waals surface area contributed by atoms with Crippen molar-refractivity contribution >= 4 is 13.7 Å². The zero-order valence-corrected chi connectivity index (χ0v) is 53.1. The quantitative estimate of drug-likeness (QED) is 0.0272. The molecule has 0 saturated heterocycles. The number of quaternary nitrogens is 1. The predicted molar refractivity (Wildman–Crippen MR) is 335 cm³/mol. The lowest BCUT2D eigenvalue weighted by molar-refractivity contribution is -0.870. The average molecular weight is 1110 g/mol. The zero-order chi connectivity index (χ0) is 56.3. The molecule has 0 aromatic rings. The van der Waals surface area contributed by atoms with Gasteiger partial charge in [0.15, 0.2) is 0 Å². The van der Waals surface area contributed by atoms with E-state index in [1.165, 1.54) is 276 Å². The molecule has 0 fully saturated rings. The first-order chi connectivity index (χ1) is 37.5. The number of amides is 1. The van der Waals surface area contributed by atoms with Crippen LogP contribution in [-0.4, -0.2) is 68.5 Å². The Bertz CT molecular complexity index is 1350. The Morgan fingerprint density at radius 1 is 0.442 bits per heavy atom. The molecule has 0 rings (SSSR count). The van der Waals surface area contributed by atoms with Gasteiger partial charge in [0.2, 0.25) is 5.91 Å². The minimum Gasteiger partial charge on any atom is -0.756 e. The summed E-state index contributed by atoms with van der Waals surface area (Å²) in [6.07, 6.45) is 78.4. The summed E-state index contributed by atoms with van der Waals surface area (Å²) in [5.41, 5.74) is 0. The molecule has 2 N–H and O–H groups in total. The van der Waals surface area contributed by atoms with Crippen LogP contribution in [0.2, 0.25) is 0 Å². The number of rotatable bonds is 63. The lowest BCUT2D eigenvalue weighted by atomic mass is 10.0. The maximum atomic E-state index is 13.0. The van der Waals surface area contributed by atoms with E-state index >= 15 is 0 Å². The molecule has 0 aromatic carbocycles. The SMILES string of the molecule is CCCCCCCCCCCCCCCCCCCC/C=C/CC/C=C/CC/C=C/C(O)C(COP(=O)([O-])OCC[N+](C)(C)C)NC(=O)CCCCCCCCCCCCCCCCCCCCCCCCCCCCC. The van der Waals surface area contributed by atoms with Gasteiger partial charge in [0.05, 0.1) is 39.9 Å². The van der Waals surface area contributed by atoms with E-state index in [0.717, 1.165) is 44.9 Å². The van der Waals surface area contributed by atoms with Crippen LogP contribution < -0.4 is 10.2 Å². The van der Waals surface area contributed by atoms with E-state index in [2.05, 4.69) is 43.5 Å². The number of phosphoric ester groups is 1. The van der Waals surface area contributed by atoms with E-state index in [1.54, 1.807) is 6.08 Å². The van der Waals surface area contributed by atoms with Crippen molar-refractivity contribution in [2.45, 2.75) is 353 Å². The van der Waals surface area contributed by atoms with Gasteiger partial charge in [-0.1, -0.05) is 326 Å². The lowest BCUT2D eigenvalue weighted by Gasteiger charge is -2.29. The number of unbranched alkanes of at least 4 members (excludes halogenated alkanes) is 46. The lowest BCUT2D eigenvalue weighted by Crippen LogP contribution is -2.45. The van der Waals surface area contributed by atoms with Gasteiger partial charge in [0.1, 0.15) is 13.2 Å². The van der Waals surface area contributed by atoms with Crippen LogP contribution in [-0.2, 0) is 18.4 Å². The molecule has 0 aliphatic rings. The first-order valence-corrected chi connectivity index (χ1v) is 35.3. The number of aliphatic hydroxyl groups excluding tert-OH is 1. The fraction of sp³-hybridized carbons (Fsp3) is 0.897. The highest BCUT2D eigenvalue weighted by atomic mass is 31.2. The van der Waals surface area contributed by atoms with Gasteiger partial charge in [-0.25, -0.2) is 0 Å². The van der Waals surface area contributed by atoms with Gasteiger partial charge < -0.3 is 28.8 Å². The van der Waals surface area contributed by atoms with E-state index in [1.807, 2.05) is 27.2 Å². The third kappa shape index (κ3) is 62.2. The molecule has 0 aliphatic heterocycles. The van der Waals surface area contributed by atoms with Crippen molar-refractivity contribution in [3.8, 4) is 0 Å². The summed E-state index contributed by atoms with van der Waals surface area (Å²) in [6.45, 7) is 4.68. The summed E-state index contributed by atoms with van der Waals surface area (Å²) in [4.78, 5) is 25.6. The Kier molecular flexibility index (Phi) is 58.4. The van der Waals surface area contributed by atoms with Crippen LogP contribution in [0.15, 0.2) is 36.5 Å². The molecule has 0 heterocycles. The summed E-state index contributed by atoms with van der Waals surface area (Å²) < 4.78 is 23.4. The number of likely N-dealkylation sites (N-methyl/N-ethyl adjacent to an activating group) is 1. The highest BCUT2D eigenvalue weighted by Crippen LogP contribution is 2.38. The number of carbonyl (C=O) groups excluding carboxylic acids is 1. The third-order valence-electron chi connectivity index (χ3n) is 15.6. The molecule has 0 aromatic heterocycles. The first kappa shape index (κ1) is 75.7. The topological polar surface area (TPSA) is 108 Å². The van der Waals surface area contributed by atoms with Crippen LogP contribution in [0, 0.1) is 0 Å². The van der Waals surface area contributed by atoms with Crippen LogP contribution in [0.5, 0.6) is 0 Å². The van der Waals surface area contributed by atoms with Crippen molar-refractivity contribution in [3.05, 3.63) is 36.5 Å². The molecule has 456 valence electrons. The maximum absolute atomic E-state index is 13.0. The van der Waals surface area contributed by atoms with Crippen LogP contribution in [0.1, 0.15) is 341 Å². The Balaban J connectivity index is 4.14. The highest BCUT2D eigenvalue weighted by Gasteiger charge is 2.23. The number of hydrogen-bond donors (Lipinski definition) is 2. The number of carbonyl (C=O) groups is 1.